The molecule has 3 rings (SSSR count). The molecule has 1 aromatic carbocycles. The first-order valence-corrected chi connectivity index (χ1v) is 5.90. The van der Waals surface area contributed by atoms with Crippen molar-refractivity contribution in [1.29, 1.82) is 0 Å². The van der Waals surface area contributed by atoms with E-state index in [1.807, 2.05) is 36.4 Å². The van der Waals surface area contributed by atoms with E-state index in [0.29, 0.717) is 0 Å². The van der Waals surface area contributed by atoms with Gasteiger partial charge in [0.25, 0.3) is 0 Å². The molecular weight excluding hydrogens is 226 g/mol. The minimum absolute atomic E-state index is 0.809. The number of benzene rings is 1. The maximum Gasteiger partial charge on any atom is 0.105 e. The van der Waals surface area contributed by atoms with Crippen LogP contribution < -0.4 is 5.32 Å². The first kappa shape index (κ1) is 10.8. The number of anilines is 1. The second-order valence-electron chi connectivity index (χ2n) is 4.03. The molecule has 4 nitrogen and oxygen atoms in total. The quantitative estimate of drug-likeness (QED) is 0.760. The Morgan fingerprint density at radius 1 is 1.11 bits per heavy atom. The Morgan fingerprint density at radius 3 is 2.94 bits per heavy atom. The van der Waals surface area contributed by atoms with E-state index in [2.05, 4.69) is 15.5 Å². The fourth-order valence-electron chi connectivity index (χ4n) is 1.92. The van der Waals surface area contributed by atoms with E-state index in [0.717, 1.165) is 35.3 Å². The van der Waals surface area contributed by atoms with Gasteiger partial charge in [0.05, 0.1) is 23.7 Å². The zero-order chi connectivity index (χ0) is 12.2. The Bertz CT molecular complexity index is 629. The maximum absolute atomic E-state index is 5.29. The molecule has 0 aliphatic heterocycles. The van der Waals surface area contributed by atoms with E-state index < -0.39 is 0 Å². The van der Waals surface area contributed by atoms with Crippen LogP contribution in [0.25, 0.3) is 10.9 Å². The molecule has 0 bridgehead atoms. The van der Waals surface area contributed by atoms with E-state index >= 15 is 0 Å². The number of nitrogens with one attached hydrogen (secondary N) is 1. The SMILES string of the molecule is c1coc(CCNc2cnnc3ccccc23)c1. The lowest BCUT2D eigenvalue weighted by molar-refractivity contribution is 0.513. The van der Waals surface area contributed by atoms with Crippen LogP contribution in [0.4, 0.5) is 5.69 Å². The van der Waals surface area contributed by atoms with Crippen LogP contribution >= 0.6 is 0 Å². The Kier molecular flexibility index (Phi) is 2.92. The fourth-order valence-corrected chi connectivity index (χ4v) is 1.92. The first-order valence-electron chi connectivity index (χ1n) is 5.90. The highest BCUT2D eigenvalue weighted by molar-refractivity contribution is 5.90. The lowest BCUT2D eigenvalue weighted by atomic mass is 10.2. The Hall–Kier alpha value is -2.36. The topological polar surface area (TPSA) is 51.0 Å². The van der Waals surface area contributed by atoms with Gasteiger partial charge in [0.1, 0.15) is 5.76 Å². The average molecular weight is 239 g/mol. The molecular formula is C14H13N3O. The minimum Gasteiger partial charge on any atom is -0.469 e. The summed E-state index contributed by atoms with van der Waals surface area (Å²) >= 11 is 0. The predicted octanol–water partition coefficient (Wildman–Crippen LogP) is 2.88. The molecule has 0 saturated carbocycles. The molecule has 0 radical (unpaired) electrons. The standard InChI is InChI=1S/C14H13N3O/c1-2-6-13-12(5-1)14(10-16-17-13)15-8-7-11-4-3-9-18-11/h1-6,9-10H,7-8H2,(H,15,17). The molecule has 90 valence electrons. The van der Waals surface area contributed by atoms with Gasteiger partial charge in [0.2, 0.25) is 0 Å². The number of hydrogen-bond acceptors (Lipinski definition) is 4. The van der Waals surface area contributed by atoms with E-state index in [4.69, 9.17) is 4.42 Å². The van der Waals surface area contributed by atoms with E-state index in [-0.39, 0.29) is 0 Å². The minimum atomic E-state index is 0.809. The summed E-state index contributed by atoms with van der Waals surface area (Å²) in [7, 11) is 0. The number of rotatable bonds is 4. The fraction of sp³-hybridized carbons (Fsp3) is 0.143. The van der Waals surface area contributed by atoms with Crippen LogP contribution in [0.1, 0.15) is 5.76 Å². The summed E-state index contributed by atoms with van der Waals surface area (Å²) in [4.78, 5) is 0. The van der Waals surface area contributed by atoms with E-state index in [9.17, 15) is 0 Å². The smallest absolute Gasteiger partial charge is 0.105 e. The summed E-state index contributed by atoms with van der Waals surface area (Å²) in [6.07, 6.45) is 4.30. The van der Waals surface area contributed by atoms with Crippen LogP contribution in [-0.4, -0.2) is 16.7 Å². The van der Waals surface area contributed by atoms with Gasteiger partial charge in [-0.3, -0.25) is 0 Å². The molecule has 18 heavy (non-hydrogen) atoms. The van der Waals surface area contributed by atoms with Gasteiger partial charge < -0.3 is 9.73 Å². The van der Waals surface area contributed by atoms with Crippen molar-refractivity contribution in [2.75, 3.05) is 11.9 Å². The average Bonchev–Trinajstić information content (AvgIpc) is 2.92. The number of fused-ring (bicyclic) bond motifs is 1. The molecule has 0 atom stereocenters. The molecule has 0 unspecified atom stereocenters. The van der Waals surface area contributed by atoms with Gasteiger partial charge in [0, 0.05) is 18.4 Å². The molecule has 0 amide bonds. The zero-order valence-corrected chi connectivity index (χ0v) is 9.84. The van der Waals surface area contributed by atoms with Gasteiger partial charge >= 0.3 is 0 Å². The van der Waals surface area contributed by atoms with Crippen LogP contribution in [0.15, 0.2) is 53.3 Å². The molecule has 0 saturated heterocycles. The van der Waals surface area contributed by atoms with Crippen LogP contribution in [-0.2, 0) is 6.42 Å². The summed E-state index contributed by atoms with van der Waals surface area (Å²) in [5.74, 6) is 0.980. The second kappa shape index (κ2) is 4.87. The Labute approximate surface area is 105 Å². The highest BCUT2D eigenvalue weighted by atomic mass is 16.3. The monoisotopic (exact) mass is 239 g/mol. The molecule has 0 fully saturated rings. The van der Waals surface area contributed by atoms with Crippen LogP contribution in [0.3, 0.4) is 0 Å². The van der Waals surface area contributed by atoms with Gasteiger partial charge in [-0.1, -0.05) is 18.2 Å². The number of hydrogen-bond donors (Lipinski definition) is 1. The second-order valence-corrected chi connectivity index (χ2v) is 4.03. The van der Waals surface area contributed by atoms with Crippen LogP contribution in [0, 0.1) is 0 Å². The highest BCUT2D eigenvalue weighted by Gasteiger charge is 2.02. The molecule has 0 aliphatic carbocycles. The Morgan fingerprint density at radius 2 is 2.06 bits per heavy atom. The third-order valence-electron chi connectivity index (χ3n) is 2.81. The number of aromatic nitrogens is 2. The lowest BCUT2D eigenvalue weighted by Crippen LogP contribution is -2.05. The summed E-state index contributed by atoms with van der Waals surface area (Å²) < 4.78 is 5.29. The van der Waals surface area contributed by atoms with Gasteiger partial charge in [0.15, 0.2) is 0 Å². The van der Waals surface area contributed by atoms with E-state index in [1.54, 1.807) is 12.5 Å². The van der Waals surface area contributed by atoms with Gasteiger partial charge in [-0.05, 0) is 18.2 Å². The molecule has 1 N–H and O–H groups in total. The summed E-state index contributed by atoms with van der Waals surface area (Å²) in [5, 5.41) is 12.5. The van der Waals surface area contributed by atoms with Crippen molar-refractivity contribution in [3.05, 3.63) is 54.6 Å². The van der Waals surface area contributed by atoms with E-state index in [1.165, 1.54) is 0 Å². The molecule has 0 spiro atoms. The molecule has 4 heteroatoms. The van der Waals surface area contributed by atoms with Gasteiger partial charge in [-0.15, -0.1) is 0 Å². The third kappa shape index (κ3) is 2.18. The largest absolute Gasteiger partial charge is 0.469 e. The normalized spacial score (nSPS) is 10.7. The zero-order valence-electron chi connectivity index (χ0n) is 9.84. The summed E-state index contributed by atoms with van der Waals surface area (Å²) in [6, 6.07) is 11.8. The van der Waals surface area contributed by atoms with Crippen molar-refractivity contribution in [2.45, 2.75) is 6.42 Å². The summed E-state index contributed by atoms with van der Waals surface area (Å²) in [6.45, 7) is 0.809. The van der Waals surface area contributed by atoms with Crippen molar-refractivity contribution in [2.24, 2.45) is 0 Å². The third-order valence-corrected chi connectivity index (χ3v) is 2.81. The van der Waals surface area contributed by atoms with Crippen molar-refractivity contribution in [3.8, 4) is 0 Å². The molecule has 0 aliphatic rings. The lowest BCUT2D eigenvalue weighted by Gasteiger charge is -2.07. The van der Waals surface area contributed by atoms with Crippen molar-refractivity contribution >= 4 is 16.6 Å². The van der Waals surface area contributed by atoms with Crippen LogP contribution in [0.5, 0.6) is 0 Å². The summed E-state index contributed by atoms with van der Waals surface area (Å²) in [5.41, 5.74) is 1.91. The van der Waals surface area contributed by atoms with Crippen LogP contribution in [0.2, 0.25) is 0 Å². The Balaban J connectivity index is 1.74. The van der Waals surface area contributed by atoms with Crippen molar-refractivity contribution in [3.63, 3.8) is 0 Å². The first-order chi connectivity index (χ1) is 8.93. The molecule has 2 heterocycles. The molecule has 3 aromatic rings. The number of furan rings is 1. The highest BCUT2D eigenvalue weighted by Crippen LogP contribution is 2.19. The van der Waals surface area contributed by atoms with Gasteiger partial charge in [-0.2, -0.15) is 10.2 Å². The number of nitrogens with zero attached hydrogens (tertiary/aromatic N) is 2. The van der Waals surface area contributed by atoms with Crippen molar-refractivity contribution < 1.29 is 4.42 Å². The van der Waals surface area contributed by atoms with Gasteiger partial charge in [-0.25, -0.2) is 0 Å². The molecule has 2 aromatic heterocycles. The van der Waals surface area contributed by atoms with Crippen molar-refractivity contribution in [1.82, 2.24) is 10.2 Å². The maximum atomic E-state index is 5.29. The predicted molar refractivity (Wildman–Crippen MR) is 70.4 cm³/mol.